The molecule has 2 heterocycles. The number of hydrogen-bond acceptors (Lipinski definition) is 4. The Balaban J connectivity index is 2.73. The number of fused-ring (bicyclic) bond motifs is 1. The van der Waals surface area contributed by atoms with Gasteiger partial charge in [0.25, 0.3) is 0 Å². The van der Waals surface area contributed by atoms with Crippen LogP contribution in [0.25, 0.3) is 10.9 Å². The first kappa shape index (κ1) is 12.0. The van der Waals surface area contributed by atoms with Gasteiger partial charge in [0.05, 0.1) is 17.8 Å². The van der Waals surface area contributed by atoms with Crippen molar-refractivity contribution in [3.63, 3.8) is 0 Å². The number of ether oxygens (including phenoxy) is 1. The maximum absolute atomic E-state index is 11.9. The molecule has 0 saturated heterocycles. The zero-order valence-electron chi connectivity index (χ0n) is 9.53. The van der Waals surface area contributed by atoms with E-state index in [1.165, 1.54) is 0 Å². The Morgan fingerprint density at radius 3 is 3.00 bits per heavy atom. The molecule has 0 aliphatic rings. The Bertz CT molecular complexity index is 584. The van der Waals surface area contributed by atoms with Crippen LogP contribution in [0.15, 0.2) is 22.9 Å². The van der Waals surface area contributed by atoms with E-state index in [0.717, 1.165) is 5.39 Å². The van der Waals surface area contributed by atoms with Crippen LogP contribution >= 0.6 is 15.9 Å². The average Bonchev–Trinajstić information content (AvgIpc) is 2.29. The van der Waals surface area contributed by atoms with Gasteiger partial charge < -0.3 is 4.74 Å². The van der Waals surface area contributed by atoms with Crippen molar-refractivity contribution in [3.8, 4) is 0 Å². The van der Waals surface area contributed by atoms with Gasteiger partial charge in [-0.1, -0.05) is 0 Å². The molecule has 17 heavy (non-hydrogen) atoms. The summed E-state index contributed by atoms with van der Waals surface area (Å²) in [5.74, 6) is -0.381. The lowest BCUT2D eigenvalue weighted by molar-refractivity contribution is 0.0527. The molecule has 0 amide bonds. The maximum Gasteiger partial charge on any atom is 0.342 e. The van der Waals surface area contributed by atoms with Crippen LogP contribution in [0.4, 0.5) is 0 Å². The van der Waals surface area contributed by atoms with Gasteiger partial charge in [-0.3, -0.25) is 4.98 Å². The summed E-state index contributed by atoms with van der Waals surface area (Å²) in [4.78, 5) is 20.4. The van der Waals surface area contributed by atoms with Crippen LogP contribution in [0.1, 0.15) is 23.0 Å². The molecule has 0 unspecified atom stereocenters. The third-order valence-corrected chi connectivity index (χ3v) is 2.98. The van der Waals surface area contributed by atoms with E-state index >= 15 is 0 Å². The van der Waals surface area contributed by atoms with E-state index in [1.807, 2.05) is 6.07 Å². The van der Waals surface area contributed by atoms with E-state index < -0.39 is 0 Å². The van der Waals surface area contributed by atoms with Crippen molar-refractivity contribution in [1.82, 2.24) is 9.97 Å². The quantitative estimate of drug-likeness (QED) is 0.631. The highest BCUT2D eigenvalue weighted by molar-refractivity contribution is 9.10. The first-order valence-corrected chi connectivity index (χ1v) is 6.02. The Morgan fingerprint density at radius 1 is 1.53 bits per heavy atom. The van der Waals surface area contributed by atoms with Crippen molar-refractivity contribution in [2.45, 2.75) is 13.8 Å². The summed E-state index contributed by atoms with van der Waals surface area (Å²) in [5.41, 5.74) is 1.66. The first-order valence-electron chi connectivity index (χ1n) is 5.23. The molecule has 0 fully saturated rings. The Hall–Kier alpha value is -1.49. The van der Waals surface area contributed by atoms with E-state index in [9.17, 15) is 4.79 Å². The van der Waals surface area contributed by atoms with Crippen molar-refractivity contribution >= 4 is 32.8 Å². The zero-order valence-corrected chi connectivity index (χ0v) is 11.1. The normalized spacial score (nSPS) is 10.5. The Kier molecular flexibility index (Phi) is 3.38. The van der Waals surface area contributed by atoms with Crippen LogP contribution in [0.3, 0.4) is 0 Å². The Labute approximate surface area is 107 Å². The van der Waals surface area contributed by atoms with Gasteiger partial charge in [-0.15, -0.1) is 0 Å². The number of hydrogen-bond donors (Lipinski definition) is 0. The second-order valence-corrected chi connectivity index (χ2v) is 4.23. The number of carbonyl (C=O) groups excluding carboxylic acids is 1. The molecule has 0 atom stereocenters. The molecule has 0 N–H and O–H groups in total. The first-order chi connectivity index (χ1) is 8.15. The van der Waals surface area contributed by atoms with E-state index in [4.69, 9.17) is 4.74 Å². The highest BCUT2D eigenvalue weighted by Crippen LogP contribution is 2.25. The number of halogens is 1. The Morgan fingerprint density at radius 2 is 2.29 bits per heavy atom. The van der Waals surface area contributed by atoms with E-state index in [1.54, 1.807) is 26.1 Å². The van der Waals surface area contributed by atoms with Gasteiger partial charge >= 0.3 is 5.97 Å². The molecule has 0 aliphatic carbocycles. The van der Waals surface area contributed by atoms with Gasteiger partial charge in [0.2, 0.25) is 0 Å². The molecule has 2 rings (SSSR count). The summed E-state index contributed by atoms with van der Waals surface area (Å²) >= 11 is 3.37. The van der Waals surface area contributed by atoms with Gasteiger partial charge in [0.15, 0.2) is 0 Å². The number of rotatable bonds is 2. The van der Waals surface area contributed by atoms with Crippen LogP contribution in [0, 0.1) is 6.92 Å². The van der Waals surface area contributed by atoms with Crippen LogP contribution < -0.4 is 0 Å². The minimum absolute atomic E-state index is 0.336. The molecule has 2 aromatic heterocycles. The molecule has 0 aliphatic heterocycles. The number of aromatic nitrogens is 2. The number of aryl methyl sites for hydroxylation is 1. The highest BCUT2D eigenvalue weighted by atomic mass is 79.9. The number of nitrogens with zero attached hydrogens (tertiary/aromatic N) is 2. The minimum Gasteiger partial charge on any atom is -0.462 e. The van der Waals surface area contributed by atoms with Gasteiger partial charge in [0, 0.05) is 11.6 Å². The van der Waals surface area contributed by atoms with Gasteiger partial charge in [0.1, 0.15) is 10.2 Å². The van der Waals surface area contributed by atoms with Crippen molar-refractivity contribution < 1.29 is 9.53 Å². The lowest BCUT2D eigenvalue weighted by Crippen LogP contribution is -2.09. The minimum atomic E-state index is -0.381. The smallest absolute Gasteiger partial charge is 0.342 e. The van der Waals surface area contributed by atoms with E-state index in [2.05, 4.69) is 25.9 Å². The molecular weight excluding hydrogens is 284 g/mol. The topological polar surface area (TPSA) is 52.1 Å². The second-order valence-electron chi connectivity index (χ2n) is 3.48. The summed E-state index contributed by atoms with van der Waals surface area (Å²) < 4.78 is 5.71. The third kappa shape index (κ3) is 2.15. The van der Waals surface area contributed by atoms with Crippen LogP contribution in [0.2, 0.25) is 0 Å². The fraction of sp³-hybridized carbons (Fsp3) is 0.250. The van der Waals surface area contributed by atoms with Crippen LogP contribution in [-0.2, 0) is 4.74 Å². The zero-order chi connectivity index (χ0) is 12.4. The lowest BCUT2D eigenvalue weighted by Gasteiger charge is -2.09. The van der Waals surface area contributed by atoms with Gasteiger partial charge in [-0.2, -0.15) is 0 Å². The number of pyridine rings is 2. The predicted molar refractivity (Wildman–Crippen MR) is 67.9 cm³/mol. The molecule has 0 aromatic carbocycles. The maximum atomic E-state index is 11.9. The molecule has 5 heteroatoms. The van der Waals surface area contributed by atoms with Gasteiger partial charge in [-0.25, -0.2) is 9.78 Å². The van der Waals surface area contributed by atoms with Crippen LogP contribution in [0.5, 0.6) is 0 Å². The molecule has 88 valence electrons. The van der Waals surface area contributed by atoms with Crippen molar-refractivity contribution in [3.05, 3.63) is 34.2 Å². The lowest BCUT2D eigenvalue weighted by atomic mass is 10.1. The molecular formula is C12H11BrN2O2. The second kappa shape index (κ2) is 4.79. The molecule has 4 nitrogen and oxygen atoms in total. The predicted octanol–water partition coefficient (Wildman–Crippen LogP) is 2.88. The average molecular weight is 295 g/mol. The fourth-order valence-electron chi connectivity index (χ4n) is 1.65. The highest BCUT2D eigenvalue weighted by Gasteiger charge is 2.18. The van der Waals surface area contributed by atoms with Gasteiger partial charge in [-0.05, 0) is 41.9 Å². The van der Waals surface area contributed by atoms with Crippen molar-refractivity contribution in [2.75, 3.05) is 6.61 Å². The van der Waals surface area contributed by atoms with Crippen molar-refractivity contribution in [1.29, 1.82) is 0 Å². The molecule has 0 saturated carbocycles. The summed E-state index contributed by atoms with van der Waals surface area (Å²) in [6, 6.07) is 3.67. The molecule has 2 aromatic rings. The number of carbonyl (C=O) groups is 1. The van der Waals surface area contributed by atoms with E-state index in [-0.39, 0.29) is 5.97 Å². The molecule has 0 radical (unpaired) electrons. The number of esters is 1. The SMILES string of the molecule is CCOC(=O)c1c(C)nc(Br)c2cccnc12. The third-order valence-electron chi connectivity index (χ3n) is 2.37. The largest absolute Gasteiger partial charge is 0.462 e. The molecule has 0 bridgehead atoms. The monoisotopic (exact) mass is 294 g/mol. The summed E-state index contributed by atoms with van der Waals surface area (Å²) in [5, 5.41) is 0.807. The van der Waals surface area contributed by atoms with Crippen LogP contribution in [-0.4, -0.2) is 22.5 Å². The summed E-state index contributed by atoms with van der Waals surface area (Å²) in [6.07, 6.45) is 1.65. The standard InChI is InChI=1S/C12H11BrN2O2/c1-3-17-12(16)9-7(2)15-11(13)8-5-4-6-14-10(8)9/h4-6H,3H2,1-2H3. The summed E-state index contributed by atoms with van der Waals surface area (Å²) in [7, 11) is 0. The fourth-order valence-corrected chi connectivity index (χ4v) is 2.24. The summed E-state index contributed by atoms with van der Waals surface area (Å²) in [6.45, 7) is 3.88. The van der Waals surface area contributed by atoms with Crippen molar-refractivity contribution in [2.24, 2.45) is 0 Å². The van der Waals surface area contributed by atoms with E-state index in [0.29, 0.717) is 28.0 Å². The molecule has 0 spiro atoms.